The van der Waals surface area contributed by atoms with Gasteiger partial charge in [-0.2, -0.15) is 0 Å². The fraction of sp³-hybridized carbons (Fsp3) is 0.182. The second-order valence-corrected chi connectivity index (χ2v) is 7.97. The maximum Gasteiger partial charge on any atom is 0.260 e. The molecule has 5 rings (SSSR count). The molecule has 1 amide bonds. The molecule has 0 radical (unpaired) electrons. The number of ether oxygens (including phenoxy) is 2. The lowest BCUT2D eigenvalue weighted by Gasteiger charge is -2.19. The predicted octanol–water partition coefficient (Wildman–Crippen LogP) is 5.08. The molecule has 2 aromatic heterocycles. The summed E-state index contributed by atoms with van der Waals surface area (Å²) in [4.78, 5) is 19.9. The van der Waals surface area contributed by atoms with Gasteiger partial charge in [0.15, 0.2) is 16.6 Å². The highest BCUT2D eigenvalue weighted by Crippen LogP contribution is 2.36. The highest BCUT2D eigenvalue weighted by atomic mass is 32.1. The Balaban J connectivity index is 1.58. The number of amides is 1. The molecule has 0 N–H and O–H groups in total. The zero-order chi connectivity index (χ0) is 20.0. The van der Waals surface area contributed by atoms with E-state index in [1.807, 2.05) is 19.1 Å². The molecule has 4 aromatic rings. The molecule has 146 valence electrons. The predicted molar refractivity (Wildman–Crippen MR) is 111 cm³/mol. The quantitative estimate of drug-likeness (QED) is 0.473. The third-order valence-electron chi connectivity index (χ3n) is 4.81. The van der Waals surface area contributed by atoms with E-state index in [4.69, 9.17) is 18.9 Å². The van der Waals surface area contributed by atoms with Crippen LogP contribution in [0.25, 0.3) is 10.2 Å². The van der Waals surface area contributed by atoms with Crippen molar-refractivity contribution in [1.29, 1.82) is 0 Å². The summed E-state index contributed by atoms with van der Waals surface area (Å²) in [5.41, 5.74) is 3.69. The molecule has 0 spiro atoms. The van der Waals surface area contributed by atoms with E-state index >= 15 is 0 Å². The van der Waals surface area contributed by atoms with Crippen LogP contribution in [0.1, 0.15) is 27.2 Å². The van der Waals surface area contributed by atoms with Crippen molar-refractivity contribution in [2.24, 2.45) is 0 Å². The zero-order valence-corrected chi connectivity index (χ0v) is 16.8. The molecule has 0 bridgehead atoms. The Morgan fingerprint density at radius 3 is 2.83 bits per heavy atom. The van der Waals surface area contributed by atoms with Crippen molar-refractivity contribution >= 4 is 32.6 Å². The largest absolute Gasteiger partial charge is 0.467 e. The first-order valence-electron chi connectivity index (χ1n) is 9.20. The van der Waals surface area contributed by atoms with Gasteiger partial charge in [-0.3, -0.25) is 9.69 Å². The smallest absolute Gasteiger partial charge is 0.260 e. The SMILES string of the molecule is Cc1cc(C)c2nc(N(Cc3ccco3)C(=O)c3ccc4c(c3)OCO4)sc2c1. The summed E-state index contributed by atoms with van der Waals surface area (Å²) in [5, 5.41) is 0.632. The summed E-state index contributed by atoms with van der Waals surface area (Å²) in [6, 6.07) is 13.1. The number of aromatic nitrogens is 1. The van der Waals surface area contributed by atoms with Crippen molar-refractivity contribution in [2.75, 3.05) is 11.7 Å². The number of carbonyl (C=O) groups excluding carboxylic acids is 1. The maximum absolute atomic E-state index is 13.5. The number of nitrogens with zero attached hydrogens (tertiary/aromatic N) is 2. The molecule has 0 fully saturated rings. The molecule has 3 heterocycles. The number of hydrogen-bond donors (Lipinski definition) is 0. The lowest BCUT2D eigenvalue weighted by atomic mass is 10.1. The minimum absolute atomic E-state index is 0.166. The summed E-state index contributed by atoms with van der Waals surface area (Å²) >= 11 is 1.50. The Kier molecular flexibility index (Phi) is 4.24. The van der Waals surface area contributed by atoms with Gasteiger partial charge in [-0.1, -0.05) is 17.4 Å². The van der Waals surface area contributed by atoms with Crippen LogP contribution in [0.15, 0.2) is 53.1 Å². The monoisotopic (exact) mass is 406 g/mol. The van der Waals surface area contributed by atoms with Crippen molar-refractivity contribution in [2.45, 2.75) is 20.4 Å². The fourth-order valence-electron chi connectivity index (χ4n) is 3.44. The van der Waals surface area contributed by atoms with E-state index in [2.05, 4.69) is 19.1 Å². The van der Waals surface area contributed by atoms with E-state index in [-0.39, 0.29) is 19.2 Å². The highest BCUT2D eigenvalue weighted by molar-refractivity contribution is 7.22. The fourth-order valence-corrected chi connectivity index (χ4v) is 4.58. The Labute approximate surface area is 171 Å². The number of furan rings is 1. The van der Waals surface area contributed by atoms with Crippen molar-refractivity contribution in [3.63, 3.8) is 0 Å². The van der Waals surface area contributed by atoms with Gasteiger partial charge < -0.3 is 13.9 Å². The number of rotatable bonds is 4. The Bertz CT molecular complexity index is 1210. The van der Waals surface area contributed by atoms with Crippen molar-refractivity contribution in [3.05, 3.63) is 71.2 Å². The zero-order valence-electron chi connectivity index (χ0n) is 16.0. The molecule has 2 aromatic carbocycles. The lowest BCUT2D eigenvalue weighted by Crippen LogP contribution is -2.30. The highest BCUT2D eigenvalue weighted by Gasteiger charge is 2.25. The molecule has 6 nitrogen and oxygen atoms in total. The van der Waals surface area contributed by atoms with E-state index in [9.17, 15) is 4.79 Å². The van der Waals surface area contributed by atoms with Crippen LogP contribution in [0.2, 0.25) is 0 Å². The first-order chi connectivity index (χ1) is 14.1. The van der Waals surface area contributed by atoms with E-state index in [0.29, 0.717) is 28.0 Å². The molecule has 1 aliphatic rings. The average molecular weight is 406 g/mol. The first-order valence-corrected chi connectivity index (χ1v) is 10.0. The van der Waals surface area contributed by atoms with Crippen molar-refractivity contribution < 1.29 is 18.7 Å². The molecule has 0 saturated heterocycles. The van der Waals surface area contributed by atoms with Crippen LogP contribution in [0.3, 0.4) is 0 Å². The van der Waals surface area contributed by atoms with Gasteiger partial charge in [-0.25, -0.2) is 4.98 Å². The average Bonchev–Trinajstić information content (AvgIpc) is 3.44. The number of fused-ring (bicyclic) bond motifs is 2. The van der Waals surface area contributed by atoms with Crippen LogP contribution in [-0.2, 0) is 6.54 Å². The summed E-state index contributed by atoms with van der Waals surface area (Å²) in [7, 11) is 0. The summed E-state index contributed by atoms with van der Waals surface area (Å²) < 4.78 is 17.3. The summed E-state index contributed by atoms with van der Waals surface area (Å²) in [6.45, 7) is 4.55. The van der Waals surface area contributed by atoms with Crippen molar-refractivity contribution in [3.8, 4) is 11.5 Å². The topological polar surface area (TPSA) is 64.8 Å². The molecular weight excluding hydrogens is 388 g/mol. The van der Waals surface area contributed by atoms with Gasteiger partial charge in [0.05, 0.1) is 23.0 Å². The van der Waals surface area contributed by atoms with Crippen LogP contribution in [0.4, 0.5) is 5.13 Å². The number of carbonyl (C=O) groups is 1. The van der Waals surface area contributed by atoms with Gasteiger partial charge in [0.1, 0.15) is 5.76 Å². The molecule has 29 heavy (non-hydrogen) atoms. The van der Waals surface area contributed by atoms with Crippen LogP contribution < -0.4 is 14.4 Å². The van der Waals surface area contributed by atoms with Gasteiger partial charge in [0, 0.05) is 5.56 Å². The first kappa shape index (κ1) is 17.8. The maximum atomic E-state index is 13.5. The van der Waals surface area contributed by atoms with E-state index in [1.165, 1.54) is 16.9 Å². The van der Waals surface area contributed by atoms with Gasteiger partial charge in [-0.05, 0) is 61.4 Å². The third kappa shape index (κ3) is 3.23. The lowest BCUT2D eigenvalue weighted by molar-refractivity contribution is 0.0983. The molecule has 7 heteroatoms. The van der Waals surface area contributed by atoms with E-state index < -0.39 is 0 Å². The number of hydrogen-bond acceptors (Lipinski definition) is 6. The number of anilines is 1. The number of aryl methyl sites for hydroxylation is 2. The van der Waals surface area contributed by atoms with E-state index in [1.54, 1.807) is 29.4 Å². The van der Waals surface area contributed by atoms with Gasteiger partial charge in [-0.15, -0.1) is 0 Å². The van der Waals surface area contributed by atoms with Crippen LogP contribution in [-0.4, -0.2) is 17.7 Å². The van der Waals surface area contributed by atoms with E-state index in [0.717, 1.165) is 15.8 Å². The molecular formula is C22H18N2O4S. The molecule has 0 unspecified atom stereocenters. The second kappa shape index (κ2) is 6.93. The van der Waals surface area contributed by atoms with Gasteiger partial charge >= 0.3 is 0 Å². The third-order valence-corrected chi connectivity index (χ3v) is 5.83. The minimum Gasteiger partial charge on any atom is -0.467 e. The van der Waals surface area contributed by atoms with Gasteiger partial charge in [0.2, 0.25) is 6.79 Å². The Morgan fingerprint density at radius 2 is 2.00 bits per heavy atom. The van der Waals surface area contributed by atoms with Crippen LogP contribution >= 0.6 is 11.3 Å². The van der Waals surface area contributed by atoms with Gasteiger partial charge in [0.25, 0.3) is 5.91 Å². The molecule has 1 aliphatic heterocycles. The Morgan fingerprint density at radius 1 is 1.14 bits per heavy atom. The summed E-state index contributed by atoms with van der Waals surface area (Å²) in [6.07, 6.45) is 1.60. The number of benzene rings is 2. The molecule has 0 saturated carbocycles. The molecule has 0 aliphatic carbocycles. The second-order valence-electron chi connectivity index (χ2n) is 6.96. The standard InChI is InChI=1S/C22H18N2O4S/c1-13-8-14(2)20-19(9-13)29-22(23-20)24(11-16-4-3-7-26-16)21(25)15-5-6-17-18(10-15)28-12-27-17/h3-10H,11-12H2,1-2H3. The molecule has 0 atom stereocenters. The van der Waals surface area contributed by atoms with Crippen LogP contribution in [0, 0.1) is 13.8 Å². The van der Waals surface area contributed by atoms with Crippen LogP contribution in [0.5, 0.6) is 11.5 Å². The Hall–Kier alpha value is -3.32. The number of thiazole rings is 1. The normalized spacial score (nSPS) is 12.5. The van der Waals surface area contributed by atoms with Crippen molar-refractivity contribution in [1.82, 2.24) is 4.98 Å². The summed E-state index contributed by atoms with van der Waals surface area (Å²) in [5.74, 6) is 1.73. The minimum atomic E-state index is -0.173.